The Labute approximate surface area is 121 Å². The van der Waals surface area contributed by atoms with Crippen molar-refractivity contribution in [3.05, 3.63) is 0 Å². The molecular formula is C14H28N4O2. The first-order valence-corrected chi connectivity index (χ1v) is 7.49. The quantitative estimate of drug-likeness (QED) is 0.406. The highest BCUT2D eigenvalue weighted by atomic mass is 16.5. The van der Waals surface area contributed by atoms with Crippen LogP contribution >= 0.6 is 0 Å². The molecular weight excluding hydrogens is 256 g/mol. The third-order valence-corrected chi connectivity index (χ3v) is 4.85. The average molecular weight is 284 g/mol. The van der Waals surface area contributed by atoms with Crippen LogP contribution in [0.2, 0.25) is 0 Å². The van der Waals surface area contributed by atoms with Crippen molar-refractivity contribution >= 4 is 5.91 Å². The standard InChI is InChI=1S/C14H28N4O2/c1-17(2)14(7-4-8-14)10-18(3)9-11-5-6-12(20-11)13(19)16-15/h11-12H,4-10,15H2,1-3H3,(H,16,19). The van der Waals surface area contributed by atoms with Gasteiger partial charge in [0.2, 0.25) is 0 Å². The number of nitrogens with two attached hydrogens (primary N) is 1. The molecule has 0 aromatic carbocycles. The molecule has 1 saturated carbocycles. The van der Waals surface area contributed by atoms with Crippen molar-refractivity contribution in [3.8, 4) is 0 Å². The summed E-state index contributed by atoms with van der Waals surface area (Å²) < 4.78 is 5.76. The lowest BCUT2D eigenvalue weighted by molar-refractivity contribution is -0.132. The van der Waals surface area contributed by atoms with Gasteiger partial charge in [-0.3, -0.25) is 10.2 Å². The van der Waals surface area contributed by atoms with Crippen molar-refractivity contribution in [3.63, 3.8) is 0 Å². The molecule has 1 saturated heterocycles. The molecule has 0 spiro atoms. The van der Waals surface area contributed by atoms with Gasteiger partial charge in [-0.1, -0.05) is 0 Å². The molecule has 116 valence electrons. The predicted octanol–water partition coefficient (Wildman–Crippen LogP) is -0.0600. The summed E-state index contributed by atoms with van der Waals surface area (Å²) >= 11 is 0. The van der Waals surface area contributed by atoms with Gasteiger partial charge in [0, 0.05) is 18.6 Å². The Morgan fingerprint density at radius 2 is 2.05 bits per heavy atom. The molecule has 3 N–H and O–H groups in total. The van der Waals surface area contributed by atoms with E-state index in [4.69, 9.17) is 10.6 Å². The summed E-state index contributed by atoms with van der Waals surface area (Å²) in [5.41, 5.74) is 2.50. The van der Waals surface area contributed by atoms with Gasteiger partial charge in [0.1, 0.15) is 6.10 Å². The molecule has 0 aromatic heterocycles. The summed E-state index contributed by atoms with van der Waals surface area (Å²) in [5, 5.41) is 0. The zero-order valence-corrected chi connectivity index (χ0v) is 12.9. The monoisotopic (exact) mass is 284 g/mol. The minimum atomic E-state index is -0.370. The molecule has 20 heavy (non-hydrogen) atoms. The number of amides is 1. The first kappa shape index (κ1) is 15.7. The molecule has 2 rings (SSSR count). The minimum Gasteiger partial charge on any atom is -0.364 e. The zero-order chi connectivity index (χ0) is 14.8. The summed E-state index contributed by atoms with van der Waals surface area (Å²) in [6.07, 6.45) is 5.33. The van der Waals surface area contributed by atoms with Crippen LogP contribution < -0.4 is 11.3 Å². The van der Waals surface area contributed by atoms with Crippen molar-refractivity contribution in [2.45, 2.75) is 49.9 Å². The van der Waals surface area contributed by atoms with Gasteiger partial charge in [0.05, 0.1) is 6.10 Å². The fourth-order valence-electron chi connectivity index (χ4n) is 3.37. The highest BCUT2D eigenvalue weighted by Gasteiger charge is 2.40. The molecule has 1 amide bonds. The lowest BCUT2D eigenvalue weighted by Gasteiger charge is -2.49. The van der Waals surface area contributed by atoms with Crippen LogP contribution in [0, 0.1) is 0 Å². The number of carbonyl (C=O) groups excluding carboxylic acids is 1. The molecule has 0 radical (unpaired) electrons. The molecule has 1 aliphatic carbocycles. The molecule has 1 aliphatic heterocycles. The highest BCUT2D eigenvalue weighted by Crippen LogP contribution is 2.36. The Morgan fingerprint density at radius 1 is 1.35 bits per heavy atom. The van der Waals surface area contributed by atoms with Crippen LogP contribution in [0.15, 0.2) is 0 Å². The van der Waals surface area contributed by atoms with Gasteiger partial charge >= 0.3 is 0 Å². The van der Waals surface area contributed by atoms with Crippen molar-refractivity contribution in [1.29, 1.82) is 0 Å². The van der Waals surface area contributed by atoms with E-state index < -0.39 is 0 Å². The third-order valence-electron chi connectivity index (χ3n) is 4.85. The SMILES string of the molecule is CN(CC1CCC(C(=O)NN)O1)CC1(N(C)C)CCC1. The van der Waals surface area contributed by atoms with Crippen molar-refractivity contribution in [2.75, 3.05) is 34.2 Å². The molecule has 0 bridgehead atoms. The molecule has 6 nitrogen and oxygen atoms in total. The topological polar surface area (TPSA) is 70.8 Å². The van der Waals surface area contributed by atoms with Gasteiger partial charge in [-0.05, 0) is 53.2 Å². The lowest BCUT2D eigenvalue weighted by Crippen LogP contribution is -2.57. The Balaban J connectivity index is 1.78. The van der Waals surface area contributed by atoms with Crippen molar-refractivity contribution in [2.24, 2.45) is 5.84 Å². The van der Waals surface area contributed by atoms with E-state index in [1.165, 1.54) is 19.3 Å². The van der Waals surface area contributed by atoms with E-state index in [-0.39, 0.29) is 18.1 Å². The molecule has 2 fully saturated rings. The Morgan fingerprint density at radius 3 is 2.55 bits per heavy atom. The molecule has 0 aromatic rings. The number of nitrogens with zero attached hydrogens (tertiary/aromatic N) is 2. The van der Waals surface area contributed by atoms with Gasteiger partial charge in [-0.15, -0.1) is 0 Å². The maximum Gasteiger partial charge on any atom is 0.263 e. The van der Waals surface area contributed by atoms with Gasteiger partial charge < -0.3 is 14.5 Å². The number of carbonyl (C=O) groups is 1. The second kappa shape index (κ2) is 6.39. The Kier molecular flexibility index (Phi) is 5.01. The average Bonchev–Trinajstić information content (AvgIpc) is 2.80. The molecule has 2 unspecified atom stereocenters. The second-order valence-corrected chi connectivity index (χ2v) is 6.50. The number of ether oxygens (including phenoxy) is 1. The number of likely N-dealkylation sites (N-methyl/N-ethyl adjacent to an activating group) is 2. The summed E-state index contributed by atoms with van der Waals surface area (Å²) in [6, 6.07) is 0. The number of hydrogen-bond acceptors (Lipinski definition) is 5. The summed E-state index contributed by atoms with van der Waals surface area (Å²) in [6.45, 7) is 1.94. The van der Waals surface area contributed by atoms with Gasteiger partial charge in [0.25, 0.3) is 5.91 Å². The van der Waals surface area contributed by atoms with E-state index in [2.05, 4.69) is 36.4 Å². The largest absolute Gasteiger partial charge is 0.364 e. The first-order valence-electron chi connectivity index (χ1n) is 7.49. The second-order valence-electron chi connectivity index (χ2n) is 6.50. The Hall–Kier alpha value is -0.690. The molecule has 2 atom stereocenters. The van der Waals surface area contributed by atoms with Crippen LogP contribution in [0.3, 0.4) is 0 Å². The van der Waals surface area contributed by atoms with Crippen LogP contribution in [-0.4, -0.2) is 67.7 Å². The van der Waals surface area contributed by atoms with Gasteiger partial charge in [0.15, 0.2) is 0 Å². The lowest BCUT2D eigenvalue weighted by atomic mass is 9.75. The molecule has 2 aliphatic rings. The maximum absolute atomic E-state index is 11.4. The van der Waals surface area contributed by atoms with Crippen LogP contribution in [0.25, 0.3) is 0 Å². The fraction of sp³-hybridized carbons (Fsp3) is 0.929. The van der Waals surface area contributed by atoms with E-state index in [0.29, 0.717) is 5.54 Å². The number of nitrogens with one attached hydrogen (secondary N) is 1. The summed E-state index contributed by atoms with van der Waals surface area (Å²) in [4.78, 5) is 16.1. The fourth-order valence-corrected chi connectivity index (χ4v) is 3.37. The third kappa shape index (κ3) is 3.31. The van der Waals surface area contributed by atoms with Crippen LogP contribution in [-0.2, 0) is 9.53 Å². The number of hydrazine groups is 1. The van der Waals surface area contributed by atoms with Gasteiger partial charge in [-0.25, -0.2) is 5.84 Å². The van der Waals surface area contributed by atoms with E-state index in [1.807, 2.05) is 0 Å². The number of hydrogen-bond donors (Lipinski definition) is 2. The summed E-state index contributed by atoms with van der Waals surface area (Å²) in [7, 11) is 6.48. The van der Waals surface area contributed by atoms with E-state index >= 15 is 0 Å². The van der Waals surface area contributed by atoms with E-state index in [0.717, 1.165) is 25.9 Å². The smallest absolute Gasteiger partial charge is 0.263 e. The molecule has 1 heterocycles. The zero-order valence-electron chi connectivity index (χ0n) is 12.9. The van der Waals surface area contributed by atoms with Crippen molar-refractivity contribution in [1.82, 2.24) is 15.2 Å². The summed E-state index contributed by atoms with van der Waals surface area (Å²) in [5.74, 6) is 4.94. The van der Waals surface area contributed by atoms with E-state index in [1.54, 1.807) is 0 Å². The van der Waals surface area contributed by atoms with Crippen molar-refractivity contribution < 1.29 is 9.53 Å². The Bertz CT molecular complexity index is 344. The predicted molar refractivity (Wildman–Crippen MR) is 78.0 cm³/mol. The molecule has 6 heteroatoms. The highest BCUT2D eigenvalue weighted by molar-refractivity contribution is 5.80. The van der Waals surface area contributed by atoms with Gasteiger partial charge in [-0.2, -0.15) is 0 Å². The van der Waals surface area contributed by atoms with Crippen LogP contribution in [0.4, 0.5) is 0 Å². The normalized spacial score (nSPS) is 28.7. The maximum atomic E-state index is 11.4. The first-order chi connectivity index (χ1) is 9.47. The van der Waals surface area contributed by atoms with Crippen LogP contribution in [0.1, 0.15) is 32.1 Å². The van der Waals surface area contributed by atoms with E-state index in [9.17, 15) is 4.79 Å². The van der Waals surface area contributed by atoms with Crippen LogP contribution in [0.5, 0.6) is 0 Å². The minimum absolute atomic E-state index is 0.140. The number of rotatable bonds is 6.